The van der Waals surface area contributed by atoms with Gasteiger partial charge >= 0.3 is 0 Å². The summed E-state index contributed by atoms with van der Waals surface area (Å²) in [5.74, 6) is 0.0253. The minimum atomic E-state index is 0.0253. The highest BCUT2D eigenvalue weighted by Gasteiger charge is 2.20. The molecule has 0 aliphatic carbocycles. The Morgan fingerprint density at radius 3 is 2.24 bits per heavy atom. The lowest BCUT2D eigenvalue weighted by atomic mass is 10.2. The average molecular weight is 375 g/mol. The Bertz CT molecular complexity index is 768. The Kier molecular flexibility index (Phi) is 6.14. The Balaban J connectivity index is 1.53. The molecule has 130 valence electrons. The molecule has 1 aliphatic heterocycles. The lowest BCUT2D eigenvalue weighted by molar-refractivity contribution is -0.127. The van der Waals surface area contributed by atoms with E-state index in [-0.39, 0.29) is 5.91 Å². The van der Waals surface area contributed by atoms with Gasteiger partial charge in [-0.25, -0.2) is 0 Å². The van der Waals surface area contributed by atoms with Gasteiger partial charge in [0, 0.05) is 48.8 Å². The molecular weight excluding hydrogens is 355 g/mol. The van der Waals surface area contributed by atoms with E-state index in [1.807, 2.05) is 53.4 Å². The van der Waals surface area contributed by atoms with E-state index < -0.39 is 0 Å². The molecule has 0 saturated carbocycles. The lowest BCUT2D eigenvalue weighted by Crippen LogP contribution is -2.47. The third-order valence-electron chi connectivity index (χ3n) is 4.35. The van der Waals surface area contributed by atoms with Crippen LogP contribution >= 0.6 is 23.2 Å². The average Bonchev–Trinajstić information content (AvgIpc) is 2.63. The second-order valence-corrected chi connectivity index (χ2v) is 6.86. The molecule has 0 radical (unpaired) electrons. The van der Waals surface area contributed by atoms with Crippen LogP contribution in [0.25, 0.3) is 6.08 Å². The number of rotatable bonds is 4. The van der Waals surface area contributed by atoms with Crippen molar-refractivity contribution in [3.05, 3.63) is 75.8 Å². The molecule has 0 unspecified atom stereocenters. The largest absolute Gasteiger partial charge is 0.337 e. The molecule has 0 bridgehead atoms. The van der Waals surface area contributed by atoms with Crippen LogP contribution in [0.3, 0.4) is 0 Å². The van der Waals surface area contributed by atoms with Gasteiger partial charge in [-0.2, -0.15) is 0 Å². The molecule has 1 heterocycles. The zero-order valence-electron chi connectivity index (χ0n) is 13.9. The second kappa shape index (κ2) is 8.52. The van der Waals surface area contributed by atoms with Gasteiger partial charge in [0.05, 0.1) is 0 Å². The molecule has 1 saturated heterocycles. The van der Waals surface area contributed by atoms with Gasteiger partial charge in [-0.05, 0) is 29.3 Å². The summed E-state index contributed by atoms with van der Waals surface area (Å²) in [7, 11) is 0. The smallest absolute Gasteiger partial charge is 0.246 e. The van der Waals surface area contributed by atoms with Gasteiger partial charge in [0.15, 0.2) is 0 Å². The van der Waals surface area contributed by atoms with E-state index in [2.05, 4.69) is 4.90 Å². The maximum Gasteiger partial charge on any atom is 0.246 e. The highest BCUT2D eigenvalue weighted by atomic mass is 35.5. The van der Waals surface area contributed by atoms with Crippen molar-refractivity contribution in [3.63, 3.8) is 0 Å². The van der Waals surface area contributed by atoms with E-state index in [4.69, 9.17) is 23.2 Å². The number of nitrogens with zero attached hydrogens (tertiary/aromatic N) is 2. The number of piperazine rings is 1. The van der Waals surface area contributed by atoms with E-state index in [0.29, 0.717) is 5.02 Å². The topological polar surface area (TPSA) is 23.6 Å². The van der Waals surface area contributed by atoms with Crippen LogP contribution in [0, 0.1) is 0 Å². The summed E-state index contributed by atoms with van der Waals surface area (Å²) < 4.78 is 0. The van der Waals surface area contributed by atoms with Crippen LogP contribution in [0.4, 0.5) is 0 Å². The number of halogens is 2. The highest BCUT2D eigenvalue weighted by Crippen LogP contribution is 2.19. The van der Waals surface area contributed by atoms with E-state index in [1.165, 1.54) is 0 Å². The SMILES string of the molecule is O=C(/C=C/c1ccccc1Cl)N1CCN(Cc2ccccc2Cl)CC1. The van der Waals surface area contributed by atoms with Gasteiger partial charge in [-0.1, -0.05) is 59.6 Å². The first-order valence-electron chi connectivity index (χ1n) is 8.31. The van der Waals surface area contributed by atoms with Gasteiger partial charge < -0.3 is 4.90 Å². The van der Waals surface area contributed by atoms with E-state index in [0.717, 1.165) is 48.9 Å². The number of amides is 1. The Morgan fingerprint density at radius 1 is 0.920 bits per heavy atom. The summed E-state index contributed by atoms with van der Waals surface area (Å²) in [5.41, 5.74) is 1.98. The molecule has 0 N–H and O–H groups in total. The molecule has 1 fully saturated rings. The van der Waals surface area contributed by atoms with Crippen LogP contribution in [0.1, 0.15) is 11.1 Å². The molecule has 0 atom stereocenters. The number of carbonyl (C=O) groups is 1. The van der Waals surface area contributed by atoms with Crippen molar-refractivity contribution < 1.29 is 4.79 Å². The Hall–Kier alpha value is -1.81. The summed E-state index contributed by atoms with van der Waals surface area (Å²) in [4.78, 5) is 16.6. The van der Waals surface area contributed by atoms with Gasteiger partial charge in [0.1, 0.15) is 0 Å². The molecule has 0 aromatic heterocycles. The molecule has 1 aliphatic rings. The third-order valence-corrected chi connectivity index (χ3v) is 5.06. The fraction of sp³-hybridized carbons (Fsp3) is 0.250. The fourth-order valence-electron chi connectivity index (χ4n) is 2.87. The quantitative estimate of drug-likeness (QED) is 0.742. The molecule has 2 aromatic rings. The fourth-order valence-corrected chi connectivity index (χ4v) is 3.26. The first kappa shape index (κ1) is 18.0. The van der Waals surface area contributed by atoms with Crippen LogP contribution in [0.15, 0.2) is 54.6 Å². The zero-order chi connectivity index (χ0) is 17.6. The Morgan fingerprint density at radius 2 is 1.56 bits per heavy atom. The maximum atomic E-state index is 12.4. The number of benzene rings is 2. The van der Waals surface area contributed by atoms with E-state index >= 15 is 0 Å². The van der Waals surface area contributed by atoms with Crippen LogP contribution in [0.2, 0.25) is 10.0 Å². The standard InChI is InChI=1S/C20H20Cl2N2O/c21-18-7-3-1-5-16(18)9-10-20(25)24-13-11-23(12-14-24)15-17-6-2-4-8-19(17)22/h1-10H,11-15H2/b10-9+. The van der Waals surface area contributed by atoms with E-state index in [9.17, 15) is 4.79 Å². The summed E-state index contributed by atoms with van der Waals surface area (Å²) >= 11 is 12.3. The van der Waals surface area contributed by atoms with E-state index in [1.54, 1.807) is 12.2 Å². The van der Waals surface area contributed by atoms with Crippen molar-refractivity contribution in [1.29, 1.82) is 0 Å². The third kappa shape index (κ3) is 4.85. The van der Waals surface area contributed by atoms with Crippen molar-refractivity contribution in [2.24, 2.45) is 0 Å². The molecule has 3 nitrogen and oxygen atoms in total. The normalized spacial score (nSPS) is 15.7. The maximum absolute atomic E-state index is 12.4. The first-order valence-corrected chi connectivity index (χ1v) is 9.06. The van der Waals surface area contributed by atoms with Crippen molar-refractivity contribution in [2.75, 3.05) is 26.2 Å². The molecule has 5 heteroatoms. The molecule has 25 heavy (non-hydrogen) atoms. The number of hydrogen-bond donors (Lipinski definition) is 0. The van der Waals surface area contributed by atoms with Crippen molar-refractivity contribution in [2.45, 2.75) is 6.54 Å². The molecule has 2 aromatic carbocycles. The van der Waals surface area contributed by atoms with Gasteiger partial charge in [0.25, 0.3) is 0 Å². The monoisotopic (exact) mass is 374 g/mol. The summed E-state index contributed by atoms with van der Waals surface area (Å²) in [6.45, 7) is 3.94. The van der Waals surface area contributed by atoms with Gasteiger partial charge in [-0.15, -0.1) is 0 Å². The molecule has 3 rings (SSSR count). The van der Waals surface area contributed by atoms with Crippen molar-refractivity contribution >= 4 is 35.2 Å². The zero-order valence-corrected chi connectivity index (χ0v) is 15.4. The van der Waals surface area contributed by atoms with Gasteiger partial charge in [-0.3, -0.25) is 9.69 Å². The van der Waals surface area contributed by atoms with Gasteiger partial charge in [0.2, 0.25) is 5.91 Å². The number of carbonyl (C=O) groups excluding carboxylic acids is 1. The minimum absolute atomic E-state index is 0.0253. The number of hydrogen-bond acceptors (Lipinski definition) is 2. The molecule has 1 amide bonds. The highest BCUT2D eigenvalue weighted by molar-refractivity contribution is 6.32. The molecular formula is C20H20Cl2N2O. The van der Waals surface area contributed by atoms with Crippen LogP contribution in [0.5, 0.6) is 0 Å². The summed E-state index contributed by atoms with van der Waals surface area (Å²) in [5, 5.41) is 1.44. The minimum Gasteiger partial charge on any atom is -0.337 e. The molecule has 0 spiro atoms. The summed E-state index contributed by atoms with van der Waals surface area (Å²) in [6.07, 6.45) is 3.38. The summed E-state index contributed by atoms with van der Waals surface area (Å²) in [6, 6.07) is 15.4. The van der Waals surface area contributed by atoms with Crippen molar-refractivity contribution in [3.8, 4) is 0 Å². The second-order valence-electron chi connectivity index (χ2n) is 6.05. The first-order chi connectivity index (χ1) is 12.1. The van der Waals surface area contributed by atoms with Crippen molar-refractivity contribution in [1.82, 2.24) is 9.80 Å². The van der Waals surface area contributed by atoms with Crippen LogP contribution in [-0.4, -0.2) is 41.9 Å². The predicted octanol–water partition coefficient (Wildman–Crippen LogP) is 4.35. The van der Waals surface area contributed by atoms with Crippen LogP contribution < -0.4 is 0 Å². The Labute approximate surface area is 158 Å². The predicted molar refractivity (Wildman–Crippen MR) is 104 cm³/mol. The lowest BCUT2D eigenvalue weighted by Gasteiger charge is -2.34. The van der Waals surface area contributed by atoms with Crippen LogP contribution in [-0.2, 0) is 11.3 Å².